The van der Waals surface area contributed by atoms with E-state index in [0.29, 0.717) is 33.9 Å². The van der Waals surface area contributed by atoms with E-state index in [9.17, 15) is 20.8 Å². The van der Waals surface area contributed by atoms with Crippen molar-refractivity contribution in [2.75, 3.05) is 0 Å². The first-order chi connectivity index (χ1) is 23.5. The predicted molar refractivity (Wildman–Crippen MR) is 185 cm³/mol. The average Bonchev–Trinajstić information content (AvgIpc) is 3.29. The van der Waals surface area contributed by atoms with Gasteiger partial charge in [-0.3, -0.25) is 19.4 Å². The van der Waals surface area contributed by atoms with Gasteiger partial charge in [0.25, 0.3) is 0 Å². The second kappa shape index (κ2) is 11.9. The minimum atomic E-state index is -0.953. The molecular formula is C38H36N8O4. The lowest BCUT2D eigenvalue weighted by molar-refractivity contribution is -0.540. The minimum absolute atomic E-state index is 0.0450. The largest absolute Gasteiger partial charge is 0.714 e. The van der Waals surface area contributed by atoms with Gasteiger partial charge in [-0.1, -0.05) is 34.1 Å². The lowest BCUT2D eigenvalue weighted by Crippen LogP contribution is -2.53. The van der Waals surface area contributed by atoms with Crippen LogP contribution in [0.5, 0.6) is 0 Å². The first kappa shape index (κ1) is 34.1. The average molecular weight is 669 g/mol. The smallest absolute Gasteiger partial charge is 0.335 e. The van der Waals surface area contributed by atoms with Gasteiger partial charge in [0.2, 0.25) is 0 Å². The van der Waals surface area contributed by atoms with Crippen LogP contribution in [0.25, 0.3) is 11.4 Å². The van der Waals surface area contributed by atoms with Crippen LogP contribution in [0.1, 0.15) is 89.3 Å². The highest BCUT2D eigenvalue weighted by molar-refractivity contribution is 5.95. The van der Waals surface area contributed by atoms with E-state index in [1.165, 1.54) is 0 Å². The molecule has 2 aliphatic heterocycles. The summed E-state index contributed by atoms with van der Waals surface area (Å²) in [6, 6.07) is 17.2. The monoisotopic (exact) mass is 668 g/mol. The molecule has 0 saturated heterocycles. The van der Waals surface area contributed by atoms with Gasteiger partial charge in [0.1, 0.15) is 22.5 Å². The molecule has 0 saturated carbocycles. The Balaban J connectivity index is 1.23. The zero-order valence-corrected chi connectivity index (χ0v) is 29.1. The summed E-state index contributed by atoms with van der Waals surface area (Å²) < 4.78 is 1.46. The van der Waals surface area contributed by atoms with E-state index >= 15 is 0 Å². The van der Waals surface area contributed by atoms with E-state index < -0.39 is 22.2 Å². The maximum Gasteiger partial charge on any atom is 0.335 e. The van der Waals surface area contributed by atoms with Crippen molar-refractivity contribution in [2.45, 2.75) is 77.5 Å². The molecule has 12 nitrogen and oxygen atoms in total. The number of nitrogens with zero attached hydrogens (tertiary/aromatic N) is 8. The molecule has 252 valence electrons. The Hall–Kier alpha value is -5.82. The molecule has 0 unspecified atom stereocenters. The highest BCUT2D eigenvalue weighted by Gasteiger charge is 2.61. The zero-order valence-electron chi connectivity index (χ0n) is 29.1. The van der Waals surface area contributed by atoms with Gasteiger partial charge < -0.3 is 10.4 Å². The van der Waals surface area contributed by atoms with Gasteiger partial charge in [0.15, 0.2) is 22.5 Å². The van der Waals surface area contributed by atoms with Gasteiger partial charge in [-0.25, -0.2) is 9.97 Å². The standard InChI is InChI=1S/C38H36N8O4/c1-35(2)36(3,4)44(48)33(43(35)47)29-13-9-11-27(41-29)17-15-25-19-21-39-31(23-25)32-24-26(20-22-40-32)16-18-28-12-10-14-30(42-28)34-45(49)37(5,6)38(7,8)46(34)50/h9-14,19-24H,1-8H3. The third kappa shape index (κ3) is 5.49. The molecule has 2 radical (unpaired) electrons. The molecule has 0 aliphatic carbocycles. The first-order valence-corrected chi connectivity index (χ1v) is 16.0. The van der Waals surface area contributed by atoms with Gasteiger partial charge in [-0.15, -0.1) is 0 Å². The zero-order chi connectivity index (χ0) is 36.2. The van der Waals surface area contributed by atoms with E-state index in [1.54, 1.807) is 128 Å². The second-order valence-corrected chi connectivity index (χ2v) is 14.2. The predicted octanol–water partition coefficient (Wildman–Crippen LogP) is 4.68. The van der Waals surface area contributed by atoms with Crippen LogP contribution in [0, 0.1) is 34.1 Å². The van der Waals surface area contributed by atoms with Crippen molar-refractivity contribution in [1.82, 2.24) is 30.1 Å². The van der Waals surface area contributed by atoms with Crippen molar-refractivity contribution in [2.24, 2.45) is 0 Å². The van der Waals surface area contributed by atoms with Crippen LogP contribution in [-0.4, -0.2) is 73.4 Å². The van der Waals surface area contributed by atoms with Crippen LogP contribution in [0.3, 0.4) is 0 Å². The Morgan fingerprint density at radius 2 is 0.940 bits per heavy atom. The summed E-state index contributed by atoms with van der Waals surface area (Å²) in [4.78, 5) is 17.9. The van der Waals surface area contributed by atoms with E-state index in [0.717, 1.165) is 19.6 Å². The molecule has 0 bridgehead atoms. The van der Waals surface area contributed by atoms with Crippen molar-refractivity contribution >= 4 is 11.7 Å². The molecule has 6 heterocycles. The molecule has 0 N–H and O–H groups in total. The summed E-state index contributed by atoms with van der Waals surface area (Å²) in [5.41, 5.74) is -0.0444. The van der Waals surface area contributed by atoms with Crippen molar-refractivity contribution in [3.05, 3.63) is 117 Å². The van der Waals surface area contributed by atoms with Gasteiger partial charge >= 0.3 is 11.7 Å². The summed E-state index contributed by atoms with van der Waals surface area (Å²) in [7, 11) is 0. The first-order valence-electron chi connectivity index (χ1n) is 16.0. The molecule has 4 aromatic heterocycles. The maximum absolute atomic E-state index is 13.1. The molecule has 6 rings (SSSR count). The third-order valence-electron chi connectivity index (χ3n) is 10.2. The van der Waals surface area contributed by atoms with Crippen molar-refractivity contribution in [3.8, 4) is 35.1 Å². The SMILES string of the molecule is CC1(C)N([O])C(c2cccc(C#Cc3ccnc(-c4cc(C#Cc5cccc(C6=[N+]([O-])C(C)(C)C(C)(C)N6[O])n5)ccn4)c3)n2)=[N+]([O-])C1(C)C. The van der Waals surface area contributed by atoms with Gasteiger partial charge in [-0.2, -0.15) is 0 Å². The summed E-state index contributed by atoms with van der Waals surface area (Å²) in [6.45, 7) is 13.9. The van der Waals surface area contributed by atoms with Gasteiger partial charge in [0, 0.05) is 33.9 Å². The van der Waals surface area contributed by atoms with Crippen LogP contribution >= 0.6 is 0 Å². The van der Waals surface area contributed by atoms with Crippen LogP contribution in [-0.2, 0) is 10.4 Å². The number of aromatic nitrogens is 4. The van der Waals surface area contributed by atoms with Crippen LogP contribution in [0.4, 0.5) is 0 Å². The summed E-state index contributed by atoms with van der Waals surface area (Å²) in [5, 5.41) is 53.8. The van der Waals surface area contributed by atoms with Gasteiger partial charge in [-0.05, 0) is 116 Å². The molecule has 0 spiro atoms. The Labute approximate surface area is 291 Å². The number of hydrogen-bond acceptors (Lipinski definition) is 8. The molecule has 4 aromatic rings. The highest BCUT2D eigenvalue weighted by Crippen LogP contribution is 2.38. The fraction of sp³-hybridized carbons (Fsp3) is 0.316. The van der Waals surface area contributed by atoms with Crippen molar-refractivity contribution < 1.29 is 19.9 Å². The van der Waals surface area contributed by atoms with Crippen LogP contribution in [0.15, 0.2) is 73.1 Å². The van der Waals surface area contributed by atoms with Crippen molar-refractivity contribution in [1.29, 1.82) is 0 Å². The molecule has 12 heteroatoms. The highest BCUT2D eigenvalue weighted by atomic mass is 16.5. The Morgan fingerprint density at radius 3 is 1.28 bits per heavy atom. The van der Waals surface area contributed by atoms with Crippen molar-refractivity contribution in [3.63, 3.8) is 0 Å². The summed E-state index contributed by atoms with van der Waals surface area (Å²) in [5.74, 6) is 12.1. The molecular weight excluding hydrogens is 632 g/mol. The van der Waals surface area contributed by atoms with Gasteiger partial charge in [0.05, 0.1) is 11.4 Å². The summed E-state index contributed by atoms with van der Waals surface area (Å²) >= 11 is 0. The molecule has 0 fully saturated rings. The molecule has 0 amide bonds. The number of amidine groups is 2. The van der Waals surface area contributed by atoms with E-state index in [-0.39, 0.29) is 23.1 Å². The number of rotatable bonds is 3. The van der Waals surface area contributed by atoms with E-state index in [4.69, 9.17) is 0 Å². The number of hydroxylamine groups is 6. The molecule has 0 atom stereocenters. The normalized spacial score (nSPS) is 18.4. The minimum Gasteiger partial charge on any atom is -0.714 e. The number of hydrogen-bond donors (Lipinski definition) is 0. The molecule has 2 aliphatic rings. The fourth-order valence-corrected chi connectivity index (χ4v) is 5.46. The number of pyridine rings is 4. The Morgan fingerprint density at radius 1 is 0.560 bits per heavy atom. The summed E-state index contributed by atoms with van der Waals surface area (Å²) in [6.07, 6.45) is 3.26. The maximum atomic E-state index is 13.1. The molecule has 0 aromatic carbocycles. The lowest BCUT2D eigenvalue weighted by Gasteiger charge is -2.32. The molecule has 50 heavy (non-hydrogen) atoms. The van der Waals surface area contributed by atoms with E-state index in [2.05, 4.69) is 43.6 Å². The quantitative estimate of drug-likeness (QED) is 0.174. The fourth-order valence-electron chi connectivity index (χ4n) is 5.46. The van der Waals surface area contributed by atoms with Crippen LogP contribution in [0.2, 0.25) is 0 Å². The topological polar surface area (TPSA) is 150 Å². The lowest BCUT2D eigenvalue weighted by atomic mass is 9.84. The Bertz CT molecular complexity index is 2060. The van der Waals surface area contributed by atoms with E-state index in [1.807, 2.05) is 0 Å². The Kier molecular flexibility index (Phi) is 8.14. The van der Waals surface area contributed by atoms with Crippen LogP contribution < -0.4 is 0 Å². The third-order valence-corrected chi connectivity index (χ3v) is 10.2. The second-order valence-electron chi connectivity index (χ2n) is 14.2.